The van der Waals surface area contributed by atoms with Gasteiger partial charge in [0.15, 0.2) is 0 Å². The van der Waals surface area contributed by atoms with E-state index in [-0.39, 0.29) is 18.0 Å². The molecule has 24 heavy (non-hydrogen) atoms. The van der Waals surface area contributed by atoms with Crippen molar-refractivity contribution in [3.8, 4) is 0 Å². The van der Waals surface area contributed by atoms with Gasteiger partial charge in [0.05, 0.1) is 6.61 Å². The van der Waals surface area contributed by atoms with Crippen LogP contribution >= 0.6 is 0 Å². The van der Waals surface area contributed by atoms with Crippen molar-refractivity contribution >= 4 is 16.7 Å². The lowest BCUT2D eigenvalue weighted by Gasteiger charge is -2.17. The first-order valence-electron chi connectivity index (χ1n) is 8.62. The third kappa shape index (κ3) is 3.67. The molecule has 0 saturated carbocycles. The molecule has 1 fully saturated rings. The average Bonchev–Trinajstić information content (AvgIpc) is 3.07. The zero-order chi connectivity index (χ0) is 16.9. The summed E-state index contributed by atoms with van der Waals surface area (Å²) in [6.07, 6.45) is 3.70. The topological polar surface area (TPSA) is 51.5 Å². The maximum atomic E-state index is 12.5. The van der Waals surface area contributed by atoms with Gasteiger partial charge in [-0.15, -0.1) is 0 Å². The fourth-order valence-electron chi connectivity index (χ4n) is 3.19. The number of rotatable bonds is 6. The van der Waals surface area contributed by atoms with Gasteiger partial charge in [0.2, 0.25) is 5.91 Å². The second kappa shape index (κ2) is 7.62. The van der Waals surface area contributed by atoms with E-state index >= 15 is 0 Å². The van der Waals surface area contributed by atoms with E-state index < -0.39 is 0 Å². The summed E-state index contributed by atoms with van der Waals surface area (Å²) in [5.41, 5.74) is -0.108. The van der Waals surface area contributed by atoms with Crippen LogP contribution in [0.5, 0.6) is 0 Å². The lowest BCUT2D eigenvalue weighted by molar-refractivity contribution is -0.131. The predicted molar refractivity (Wildman–Crippen MR) is 94.0 cm³/mol. The molecule has 1 aliphatic heterocycles. The zero-order valence-corrected chi connectivity index (χ0v) is 14.1. The van der Waals surface area contributed by atoms with Gasteiger partial charge in [0.25, 0.3) is 5.56 Å². The fraction of sp³-hybridized carbons (Fsp3) is 0.474. The second-order valence-electron chi connectivity index (χ2n) is 6.41. The molecular weight excluding hydrogens is 304 g/mol. The van der Waals surface area contributed by atoms with Gasteiger partial charge in [-0.25, -0.2) is 0 Å². The van der Waals surface area contributed by atoms with E-state index in [1.165, 1.54) is 4.57 Å². The number of nitrogens with zero attached hydrogens (tertiary/aromatic N) is 2. The summed E-state index contributed by atoms with van der Waals surface area (Å²) >= 11 is 0. The summed E-state index contributed by atoms with van der Waals surface area (Å²) in [5.74, 6) is 0.416. The van der Waals surface area contributed by atoms with Crippen molar-refractivity contribution in [3.63, 3.8) is 0 Å². The second-order valence-corrected chi connectivity index (χ2v) is 6.41. The summed E-state index contributed by atoms with van der Waals surface area (Å²) < 4.78 is 7.09. The highest BCUT2D eigenvalue weighted by molar-refractivity contribution is 5.82. The molecule has 1 aromatic carbocycles. The monoisotopic (exact) mass is 328 g/mol. The predicted octanol–water partition coefficient (Wildman–Crippen LogP) is 2.28. The molecule has 0 bridgehead atoms. The Balaban J connectivity index is 1.63. The van der Waals surface area contributed by atoms with Gasteiger partial charge >= 0.3 is 0 Å². The van der Waals surface area contributed by atoms with Gasteiger partial charge in [0, 0.05) is 37.2 Å². The minimum atomic E-state index is -0.108. The molecule has 5 nitrogen and oxygen atoms in total. The Morgan fingerprint density at radius 3 is 2.96 bits per heavy atom. The van der Waals surface area contributed by atoms with E-state index in [1.54, 1.807) is 12.3 Å². The molecule has 5 heteroatoms. The summed E-state index contributed by atoms with van der Waals surface area (Å²) in [7, 11) is 0. The molecule has 128 valence electrons. The average molecular weight is 328 g/mol. The van der Waals surface area contributed by atoms with Gasteiger partial charge < -0.3 is 14.2 Å². The Hall–Kier alpha value is -2.14. The Labute approximate surface area is 141 Å². The molecule has 1 aliphatic rings. The number of ether oxygens (including phenoxy) is 1. The molecule has 1 amide bonds. The van der Waals surface area contributed by atoms with Gasteiger partial charge in [-0.05, 0) is 30.4 Å². The molecule has 1 saturated heterocycles. The van der Waals surface area contributed by atoms with Crippen LogP contribution in [-0.2, 0) is 16.1 Å². The Bertz CT molecular complexity index is 769. The molecule has 2 aromatic rings. The highest BCUT2D eigenvalue weighted by atomic mass is 16.5. The van der Waals surface area contributed by atoms with E-state index in [0.29, 0.717) is 17.9 Å². The molecule has 0 aliphatic carbocycles. The fourth-order valence-corrected chi connectivity index (χ4v) is 3.19. The number of carbonyl (C=O) groups excluding carboxylic acids is 1. The van der Waals surface area contributed by atoms with Crippen molar-refractivity contribution in [3.05, 3.63) is 46.9 Å². The molecule has 0 N–H and O–H groups in total. The van der Waals surface area contributed by atoms with Crippen molar-refractivity contribution in [1.29, 1.82) is 0 Å². The third-order valence-corrected chi connectivity index (χ3v) is 4.53. The lowest BCUT2D eigenvalue weighted by atomic mass is 10.1. The SMILES string of the molecule is CCCOC[C@@H]1CCN(C(=O)Cn2ccc3ccccc3c2=O)C1. The van der Waals surface area contributed by atoms with Crippen LogP contribution in [0.25, 0.3) is 10.8 Å². The maximum Gasteiger partial charge on any atom is 0.258 e. The summed E-state index contributed by atoms with van der Waals surface area (Å²) in [6.45, 7) is 5.16. The zero-order valence-electron chi connectivity index (χ0n) is 14.1. The highest BCUT2D eigenvalue weighted by Crippen LogP contribution is 2.17. The van der Waals surface area contributed by atoms with E-state index in [1.807, 2.05) is 29.2 Å². The standard InChI is InChI=1S/C19H24N2O3/c1-2-11-24-14-15-7-9-20(12-15)18(22)13-21-10-8-16-5-3-4-6-17(16)19(21)23/h3-6,8,10,15H,2,7,9,11-14H2,1H3/t15-/m1/s1. The van der Waals surface area contributed by atoms with Crippen molar-refractivity contribution in [2.24, 2.45) is 5.92 Å². The molecule has 0 spiro atoms. The normalized spacial score (nSPS) is 17.5. The minimum absolute atomic E-state index is 0.00497. The molecule has 0 radical (unpaired) electrons. The van der Waals surface area contributed by atoms with Crippen LogP contribution in [0, 0.1) is 5.92 Å². The first kappa shape index (κ1) is 16.7. The number of likely N-dealkylation sites (tertiary alicyclic amines) is 1. The van der Waals surface area contributed by atoms with Crippen LogP contribution < -0.4 is 5.56 Å². The Kier molecular flexibility index (Phi) is 5.30. The molecule has 1 aromatic heterocycles. The molecule has 1 atom stereocenters. The largest absolute Gasteiger partial charge is 0.381 e. The summed E-state index contributed by atoms with van der Waals surface area (Å²) in [6, 6.07) is 9.34. The van der Waals surface area contributed by atoms with Crippen LogP contribution in [0.3, 0.4) is 0 Å². The number of benzene rings is 1. The lowest BCUT2D eigenvalue weighted by Crippen LogP contribution is -2.35. The first-order chi connectivity index (χ1) is 11.7. The highest BCUT2D eigenvalue weighted by Gasteiger charge is 2.26. The van der Waals surface area contributed by atoms with Gasteiger partial charge in [-0.2, -0.15) is 0 Å². The van der Waals surface area contributed by atoms with Crippen LogP contribution in [0.2, 0.25) is 0 Å². The number of aromatic nitrogens is 1. The van der Waals surface area contributed by atoms with E-state index in [0.717, 1.165) is 37.9 Å². The number of amides is 1. The van der Waals surface area contributed by atoms with Crippen LogP contribution in [0.1, 0.15) is 19.8 Å². The number of fused-ring (bicyclic) bond motifs is 1. The van der Waals surface area contributed by atoms with E-state index in [9.17, 15) is 9.59 Å². The molecule has 3 rings (SSSR count). The number of hydrogen-bond acceptors (Lipinski definition) is 3. The summed E-state index contributed by atoms with van der Waals surface area (Å²) in [5, 5.41) is 1.56. The van der Waals surface area contributed by atoms with Gasteiger partial charge in [-0.1, -0.05) is 25.1 Å². The third-order valence-electron chi connectivity index (χ3n) is 4.53. The quantitative estimate of drug-likeness (QED) is 0.765. The molecular formula is C19H24N2O3. The van der Waals surface area contributed by atoms with Crippen molar-refractivity contribution < 1.29 is 9.53 Å². The molecule has 2 heterocycles. The Morgan fingerprint density at radius 2 is 2.12 bits per heavy atom. The van der Waals surface area contributed by atoms with Gasteiger partial charge in [-0.3, -0.25) is 9.59 Å². The van der Waals surface area contributed by atoms with Gasteiger partial charge in [0.1, 0.15) is 6.54 Å². The van der Waals surface area contributed by atoms with Crippen molar-refractivity contribution in [2.45, 2.75) is 26.3 Å². The first-order valence-corrected chi connectivity index (χ1v) is 8.62. The minimum Gasteiger partial charge on any atom is -0.381 e. The van der Waals surface area contributed by atoms with Crippen LogP contribution in [-0.4, -0.2) is 41.7 Å². The van der Waals surface area contributed by atoms with E-state index in [2.05, 4.69) is 6.92 Å². The number of hydrogen-bond donors (Lipinski definition) is 0. The number of carbonyl (C=O) groups is 1. The summed E-state index contributed by atoms with van der Waals surface area (Å²) in [4.78, 5) is 26.8. The van der Waals surface area contributed by atoms with Crippen molar-refractivity contribution in [1.82, 2.24) is 9.47 Å². The molecule has 0 unspecified atom stereocenters. The maximum absolute atomic E-state index is 12.5. The van der Waals surface area contributed by atoms with E-state index in [4.69, 9.17) is 4.74 Å². The van der Waals surface area contributed by atoms with Crippen LogP contribution in [0.15, 0.2) is 41.3 Å². The Morgan fingerprint density at radius 1 is 1.29 bits per heavy atom. The smallest absolute Gasteiger partial charge is 0.258 e. The van der Waals surface area contributed by atoms with Crippen molar-refractivity contribution in [2.75, 3.05) is 26.3 Å². The van der Waals surface area contributed by atoms with Crippen LogP contribution in [0.4, 0.5) is 0 Å². The number of pyridine rings is 1.